The lowest BCUT2D eigenvalue weighted by molar-refractivity contribution is 0.624. The smallest absolute Gasteiger partial charge is 0.0978 e. The minimum atomic E-state index is -1.09. The third kappa shape index (κ3) is 7.94. The number of hydrogen-bond donors (Lipinski definition) is 1. The Balaban J connectivity index is 2.81. The summed E-state index contributed by atoms with van der Waals surface area (Å²) >= 11 is 0. The fourth-order valence-electron chi connectivity index (χ4n) is 2.35. The fraction of sp³-hybridized carbons (Fsp3) is 0.600. The molecule has 0 aliphatic rings. The van der Waals surface area contributed by atoms with Crippen molar-refractivity contribution in [3.8, 4) is 0 Å². The first kappa shape index (κ1) is 20.1. The van der Waals surface area contributed by atoms with Gasteiger partial charge in [0.2, 0.25) is 0 Å². The van der Waals surface area contributed by atoms with Gasteiger partial charge in [0.25, 0.3) is 0 Å². The Morgan fingerprint density at radius 3 is 2.39 bits per heavy atom. The molecule has 0 spiro atoms. The van der Waals surface area contributed by atoms with Gasteiger partial charge in [-0.15, -0.1) is 0 Å². The van der Waals surface area contributed by atoms with Crippen molar-refractivity contribution in [2.75, 3.05) is 0 Å². The monoisotopic (exact) mass is 335 g/mol. The van der Waals surface area contributed by atoms with Gasteiger partial charge >= 0.3 is 0 Å². The normalized spacial score (nSPS) is 15.4. The minimum Gasteiger partial charge on any atom is -0.242 e. The van der Waals surface area contributed by atoms with Gasteiger partial charge in [0, 0.05) is 0 Å². The maximum absolute atomic E-state index is 12.5. The largest absolute Gasteiger partial charge is 0.242 e. The highest BCUT2D eigenvalue weighted by atomic mass is 32.2. The van der Waals surface area contributed by atoms with Crippen LogP contribution in [0.2, 0.25) is 0 Å². The molecule has 3 heteroatoms. The van der Waals surface area contributed by atoms with Gasteiger partial charge < -0.3 is 0 Å². The number of nitrogens with one attached hydrogen (secondary N) is 1. The van der Waals surface area contributed by atoms with Gasteiger partial charge in [-0.05, 0) is 46.1 Å². The van der Waals surface area contributed by atoms with Gasteiger partial charge in [0.1, 0.15) is 0 Å². The zero-order valence-corrected chi connectivity index (χ0v) is 16.2. The Hall–Kier alpha value is -0.930. The van der Waals surface area contributed by atoms with Crippen LogP contribution in [-0.4, -0.2) is 8.96 Å². The second-order valence-electron chi connectivity index (χ2n) is 7.21. The molecule has 0 radical (unpaired) electrons. The summed E-state index contributed by atoms with van der Waals surface area (Å²) in [6, 6.07) is 10.3. The van der Waals surface area contributed by atoms with Crippen LogP contribution in [0.15, 0.2) is 42.0 Å². The first-order chi connectivity index (χ1) is 10.8. The van der Waals surface area contributed by atoms with E-state index in [9.17, 15) is 4.21 Å². The lowest BCUT2D eigenvalue weighted by Crippen LogP contribution is -2.35. The number of hydrogen-bond acceptors (Lipinski definition) is 1. The molecular weight excluding hydrogens is 302 g/mol. The quantitative estimate of drug-likeness (QED) is 0.455. The molecule has 0 aliphatic carbocycles. The third-order valence-electron chi connectivity index (χ3n) is 3.82. The number of rotatable bonds is 9. The van der Waals surface area contributed by atoms with Crippen molar-refractivity contribution < 1.29 is 4.21 Å². The van der Waals surface area contributed by atoms with Crippen LogP contribution in [0.4, 0.5) is 0 Å². The number of benzene rings is 1. The summed E-state index contributed by atoms with van der Waals surface area (Å²) in [7, 11) is -1.09. The molecule has 0 heterocycles. The molecule has 1 N–H and O–H groups in total. The summed E-state index contributed by atoms with van der Waals surface area (Å²) in [5.41, 5.74) is 2.53. The molecule has 0 saturated heterocycles. The van der Waals surface area contributed by atoms with Crippen LogP contribution in [0.25, 0.3) is 0 Å². The molecule has 0 saturated carbocycles. The van der Waals surface area contributed by atoms with Crippen molar-refractivity contribution in [2.45, 2.75) is 77.5 Å². The highest BCUT2D eigenvalue weighted by Gasteiger charge is 2.22. The van der Waals surface area contributed by atoms with Crippen LogP contribution in [0.3, 0.4) is 0 Å². The van der Waals surface area contributed by atoms with E-state index in [0.29, 0.717) is 0 Å². The van der Waals surface area contributed by atoms with E-state index >= 15 is 0 Å². The fourth-order valence-corrected chi connectivity index (χ4v) is 3.14. The highest BCUT2D eigenvalue weighted by Crippen LogP contribution is 2.21. The standard InChI is InChI=1S/C20H33NOS/c1-6-7-8-10-13-17(2)16-19(18-14-11-9-12-15-18)21-23(22)20(3,4)5/h9,11-12,14-16,19,21H,6-8,10,13H2,1-5H3/b17-16+/t19-,23-/m1/s1. The first-order valence-electron chi connectivity index (χ1n) is 8.75. The molecule has 0 aromatic heterocycles. The molecule has 0 aliphatic heterocycles. The first-order valence-corrected chi connectivity index (χ1v) is 9.90. The van der Waals surface area contributed by atoms with Crippen LogP contribution >= 0.6 is 0 Å². The molecule has 23 heavy (non-hydrogen) atoms. The Morgan fingerprint density at radius 2 is 1.83 bits per heavy atom. The number of unbranched alkanes of at least 4 members (excludes halogenated alkanes) is 3. The SMILES string of the molecule is CCCCCC/C(C)=C/[C@@H](N[S@](=O)C(C)(C)C)c1ccccc1. The predicted octanol–water partition coefficient (Wildman–Crippen LogP) is 5.70. The molecule has 0 amide bonds. The molecule has 1 aromatic carbocycles. The second kappa shape index (κ2) is 10.0. The summed E-state index contributed by atoms with van der Waals surface area (Å²) in [6.07, 6.45) is 8.46. The Labute approximate surface area is 145 Å². The predicted molar refractivity (Wildman–Crippen MR) is 103 cm³/mol. The average Bonchev–Trinajstić information content (AvgIpc) is 2.51. The molecular formula is C20H33NOS. The van der Waals surface area contributed by atoms with Gasteiger partial charge in [-0.25, -0.2) is 8.93 Å². The maximum atomic E-state index is 12.5. The summed E-state index contributed by atoms with van der Waals surface area (Å²) < 4.78 is 15.5. The minimum absolute atomic E-state index is 0.00225. The van der Waals surface area contributed by atoms with E-state index in [1.165, 1.54) is 31.3 Å². The Kier molecular flexibility index (Phi) is 8.78. The molecule has 0 fully saturated rings. The van der Waals surface area contributed by atoms with E-state index in [4.69, 9.17) is 0 Å². The lowest BCUT2D eigenvalue weighted by atomic mass is 10.0. The molecule has 2 nitrogen and oxygen atoms in total. The molecule has 0 unspecified atom stereocenters. The van der Waals surface area contributed by atoms with Crippen molar-refractivity contribution in [2.24, 2.45) is 0 Å². The van der Waals surface area contributed by atoms with Crippen molar-refractivity contribution in [1.29, 1.82) is 0 Å². The second-order valence-corrected chi connectivity index (χ2v) is 9.21. The molecule has 130 valence electrons. The van der Waals surface area contributed by atoms with Crippen LogP contribution in [0.5, 0.6) is 0 Å². The number of allylic oxidation sites excluding steroid dienone is 1. The zero-order chi connectivity index (χ0) is 17.3. The van der Waals surface area contributed by atoms with Crippen molar-refractivity contribution in [3.05, 3.63) is 47.5 Å². The van der Waals surface area contributed by atoms with Crippen LogP contribution in [0.1, 0.15) is 78.3 Å². The van der Waals surface area contributed by atoms with Crippen LogP contribution in [-0.2, 0) is 11.0 Å². The van der Waals surface area contributed by atoms with Gasteiger partial charge in [0.15, 0.2) is 0 Å². The topological polar surface area (TPSA) is 29.1 Å². The van der Waals surface area contributed by atoms with E-state index < -0.39 is 11.0 Å². The Bertz CT molecular complexity index is 502. The zero-order valence-electron chi connectivity index (χ0n) is 15.4. The van der Waals surface area contributed by atoms with Gasteiger partial charge in [-0.3, -0.25) is 0 Å². The van der Waals surface area contributed by atoms with E-state index in [1.54, 1.807) is 0 Å². The summed E-state index contributed by atoms with van der Waals surface area (Å²) in [6.45, 7) is 10.4. The molecule has 1 rings (SSSR count). The van der Waals surface area contributed by atoms with Crippen molar-refractivity contribution in [3.63, 3.8) is 0 Å². The molecule has 1 aromatic rings. The van der Waals surface area contributed by atoms with E-state index in [-0.39, 0.29) is 10.8 Å². The summed E-state index contributed by atoms with van der Waals surface area (Å²) in [4.78, 5) is 0. The van der Waals surface area contributed by atoms with E-state index in [2.05, 4.69) is 36.8 Å². The van der Waals surface area contributed by atoms with E-state index in [0.717, 1.165) is 12.0 Å². The molecule has 2 atom stereocenters. The summed E-state index contributed by atoms with van der Waals surface area (Å²) in [5, 5.41) is 0. The van der Waals surface area contributed by atoms with E-state index in [1.807, 2.05) is 39.0 Å². The van der Waals surface area contributed by atoms with Crippen LogP contribution in [0, 0.1) is 0 Å². The summed E-state index contributed by atoms with van der Waals surface area (Å²) in [5.74, 6) is 0. The Morgan fingerprint density at radius 1 is 1.17 bits per heavy atom. The van der Waals surface area contributed by atoms with Gasteiger partial charge in [-0.1, -0.05) is 68.2 Å². The third-order valence-corrected chi connectivity index (χ3v) is 5.41. The lowest BCUT2D eigenvalue weighted by Gasteiger charge is -2.23. The molecule has 0 bridgehead atoms. The van der Waals surface area contributed by atoms with Gasteiger partial charge in [-0.2, -0.15) is 0 Å². The van der Waals surface area contributed by atoms with Crippen LogP contribution < -0.4 is 4.72 Å². The maximum Gasteiger partial charge on any atom is 0.0978 e. The van der Waals surface area contributed by atoms with Crippen molar-refractivity contribution >= 4 is 11.0 Å². The van der Waals surface area contributed by atoms with Crippen molar-refractivity contribution in [1.82, 2.24) is 4.72 Å². The average molecular weight is 336 g/mol. The highest BCUT2D eigenvalue weighted by molar-refractivity contribution is 7.84. The van der Waals surface area contributed by atoms with Gasteiger partial charge in [0.05, 0.1) is 21.8 Å².